The molecular formula is C19H26N4O3. The highest BCUT2D eigenvalue weighted by Crippen LogP contribution is 2.26. The second-order valence-electron chi connectivity index (χ2n) is 7.17. The molecule has 0 unspecified atom stereocenters. The number of likely N-dealkylation sites (N-methyl/N-ethyl adjacent to an activating group) is 1. The molecule has 7 heteroatoms. The Labute approximate surface area is 153 Å². The van der Waals surface area contributed by atoms with E-state index in [1.54, 1.807) is 18.1 Å². The van der Waals surface area contributed by atoms with E-state index in [0.717, 1.165) is 30.0 Å². The number of carbonyl (C=O) groups excluding carboxylic acids is 1. The maximum atomic E-state index is 12.6. The van der Waals surface area contributed by atoms with Gasteiger partial charge in [0, 0.05) is 31.9 Å². The van der Waals surface area contributed by atoms with Crippen molar-refractivity contribution in [3.8, 4) is 0 Å². The molecule has 7 nitrogen and oxygen atoms in total. The number of piperidine rings is 1. The first-order valence-electron chi connectivity index (χ1n) is 8.92. The third-order valence-electron chi connectivity index (χ3n) is 5.00. The molecule has 1 N–H and O–H groups in total. The molecule has 26 heavy (non-hydrogen) atoms. The molecule has 0 saturated carbocycles. The number of rotatable bonds is 5. The van der Waals surface area contributed by atoms with E-state index >= 15 is 0 Å². The van der Waals surface area contributed by atoms with E-state index in [2.05, 4.69) is 15.0 Å². The van der Waals surface area contributed by atoms with Gasteiger partial charge >= 0.3 is 0 Å². The van der Waals surface area contributed by atoms with Crippen LogP contribution in [0.1, 0.15) is 29.9 Å². The number of anilines is 1. The molecule has 0 bridgehead atoms. The number of aromatic nitrogens is 2. The van der Waals surface area contributed by atoms with Gasteiger partial charge in [0.25, 0.3) is 0 Å². The topological polar surface area (TPSA) is 82.7 Å². The first kappa shape index (κ1) is 18.4. The van der Waals surface area contributed by atoms with E-state index in [0.29, 0.717) is 25.3 Å². The summed E-state index contributed by atoms with van der Waals surface area (Å²) in [6, 6.07) is 5.76. The standard InChI is InChI=1S/C19H26N4O3/c1-14-16(15(2)26-21-14)11-18(24)22(3)12-19(25)8-6-10-23(13-19)17-7-4-5-9-20-17/h4-5,7,9,25H,6,8,10-13H2,1-3H3/t19-/m0/s1. The summed E-state index contributed by atoms with van der Waals surface area (Å²) in [5.74, 6) is 1.47. The molecule has 1 aliphatic rings. The number of hydrogen-bond acceptors (Lipinski definition) is 6. The number of β-amino-alcohol motifs (C(OH)–C–C–N with tert-alkyl or cyclic N) is 1. The van der Waals surface area contributed by atoms with E-state index in [4.69, 9.17) is 4.52 Å². The molecule has 0 aromatic carbocycles. The minimum absolute atomic E-state index is 0.0530. The minimum atomic E-state index is -0.946. The number of amides is 1. The lowest BCUT2D eigenvalue weighted by atomic mass is 9.92. The van der Waals surface area contributed by atoms with Crippen LogP contribution in [0, 0.1) is 13.8 Å². The molecule has 3 rings (SSSR count). The Kier molecular flexibility index (Phi) is 5.27. The average Bonchev–Trinajstić information content (AvgIpc) is 2.94. The van der Waals surface area contributed by atoms with Gasteiger partial charge < -0.3 is 19.4 Å². The molecule has 2 aromatic heterocycles. The number of carbonyl (C=O) groups is 1. The molecule has 0 radical (unpaired) electrons. The lowest BCUT2D eigenvalue weighted by Crippen LogP contribution is -2.55. The predicted molar refractivity (Wildman–Crippen MR) is 98.0 cm³/mol. The lowest BCUT2D eigenvalue weighted by molar-refractivity contribution is -0.132. The molecule has 3 heterocycles. The van der Waals surface area contributed by atoms with Crippen LogP contribution in [0.4, 0.5) is 5.82 Å². The molecule has 1 atom stereocenters. The average molecular weight is 358 g/mol. The summed E-state index contributed by atoms with van der Waals surface area (Å²) in [6.45, 7) is 5.25. The van der Waals surface area contributed by atoms with Crippen LogP contribution in [0.15, 0.2) is 28.9 Å². The third-order valence-corrected chi connectivity index (χ3v) is 5.00. The fraction of sp³-hybridized carbons (Fsp3) is 0.526. The van der Waals surface area contributed by atoms with Crippen molar-refractivity contribution in [2.45, 2.75) is 38.7 Å². The van der Waals surface area contributed by atoms with Crippen molar-refractivity contribution in [3.63, 3.8) is 0 Å². The van der Waals surface area contributed by atoms with Gasteiger partial charge in [-0.3, -0.25) is 4.79 Å². The van der Waals surface area contributed by atoms with Crippen LogP contribution in [0.25, 0.3) is 0 Å². The van der Waals surface area contributed by atoms with Gasteiger partial charge in [0.05, 0.1) is 24.3 Å². The summed E-state index contributed by atoms with van der Waals surface area (Å²) >= 11 is 0. The van der Waals surface area contributed by atoms with Gasteiger partial charge in [-0.2, -0.15) is 0 Å². The summed E-state index contributed by atoms with van der Waals surface area (Å²) < 4.78 is 5.13. The molecular weight excluding hydrogens is 332 g/mol. The molecule has 1 fully saturated rings. The zero-order valence-corrected chi connectivity index (χ0v) is 15.6. The van der Waals surface area contributed by atoms with Crippen molar-refractivity contribution in [1.29, 1.82) is 0 Å². The largest absolute Gasteiger partial charge is 0.386 e. The van der Waals surface area contributed by atoms with Crippen LogP contribution < -0.4 is 4.90 Å². The van der Waals surface area contributed by atoms with Crippen LogP contribution in [-0.2, 0) is 11.2 Å². The SMILES string of the molecule is Cc1noc(C)c1CC(=O)N(C)C[C@@]1(O)CCCN(c2ccccn2)C1. The minimum Gasteiger partial charge on any atom is -0.386 e. The fourth-order valence-corrected chi connectivity index (χ4v) is 3.55. The summed E-state index contributed by atoms with van der Waals surface area (Å²) in [7, 11) is 1.73. The van der Waals surface area contributed by atoms with Crippen molar-refractivity contribution in [1.82, 2.24) is 15.0 Å². The van der Waals surface area contributed by atoms with Gasteiger partial charge in [-0.15, -0.1) is 0 Å². The normalized spacial score (nSPS) is 20.2. The summed E-state index contributed by atoms with van der Waals surface area (Å²) in [4.78, 5) is 20.7. The number of hydrogen-bond donors (Lipinski definition) is 1. The Hall–Kier alpha value is -2.41. The second-order valence-corrected chi connectivity index (χ2v) is 7.17. The monoisotopic (exact) mass is 358 g/mol. The highest BCUT2D eigenvalue weighted by Gasteiger charge is 2.36. The van der Waals surface area contributed by atoms with E-state index in [-0.39, 0.29) is 12.3 Å². The zero-order chi connectivity index (χ0) is 18.7. The maximum absolute atomic E-state index is 12.6. The first-order valence-corrected chi connectivity index (χ1v) is 8.92. The highest BCUT2D eigenvalue weighted by molar-refractivity contribution is 5.79. The van der Waals surface area contributed by atoms with Gasteiger partial charge in [0.2, 0.25) is 5.91 Å². The Balaban J connectivity index is 1.64. The van der Waals surface area contributed by atoms with Crippen LogP contribution in [-0.4, -0.2) is 58.3 Å². The predicted octanol–water partition coefficient (Wildman–Crippen LogP) is 1.72. The zero-order valence-electron chi connectivity index (χ0n) is 15.6. The highest BCUT2D eigenvalue weighted by atomic mass is 16.5. The number of aliphatic hydroxyl groups is 1. The fourth-order valence-electron chi connectivity index (χ4n) is 3.55. The van der Waals surface area contributed by atoms with Crippen LogP contribution in [0.3, 0.4) is 0 Å². The van der Waals surface area contributed by atoms with E-state index < -0.39 is 5.60 Å². The molecule has 1 amide bonds. The van der Waals surface area contributed by atoms with Crippen LogP contribution in [0.2, 0.25) is 0 Å². The van der Waals surface area contributed by atoms with E-state index in [1.807, 2.05) is 32.0 Å². The second kappa shape index (κ2) is 7.45. The number of pyridine rings is 1. The molecule has 140 valence electrons. The van der Waals surface area contributed by atoms with Gasteiger partial charge in [-0.25, -0.2) is 4.98 Å². The molecule has 1 saturated heterocycles. The van der Waals surface area contributed by atoms with Gasteiger partial charge in [0.1, 0.15) is 11.6 Å². The summed E-state index contributed by atoms with van der Waals surface area (Å²) in [6.07, 6.45) is 3.51. The van der Waals surface area contributed by atoms with Gasteiger partial charge in [-0.1, -0.05) is 11.2 Å². The van der Waals surface area contributed by atoms with Crippen LogP contribution in [0.5, 0.6) is 0 Å². The molecule has 0 spiro atoms. The molecule has 0 aliphatic carbocycles. The van der Waals surface area contributed by atoms with Gasteiger partial charge in [-0.05, 0) is 38.8 Å². The van der Waals surface area contributed by atoms with Crippen molar-refractivity contribution < 1.29 is 14.4 Å². The summed E-state index contributed by atoms with van der Waals surface area (Å²) in [5, 5.41) is 15.0. The van der Waals surface area contributed by atoms with E-state index in [9.17, 15) is 9.90 Å². The molecule has 2 aromatic rings. The Morgan fingerprint density at radius 2 is 2.23 bits per heavy atom. The third kappa shape index (κ3) is 4.04. The molecule has 1 aliphatic heterocycles. The van der Waals surface area contributed by atoms with Crippen molar-refractivity contribution in [2.75, 3.05) is 31.6 Å². The number of aryl methyl sites for hydroxylation is 2. The Morgan fingerprint density at radius 1 is 1.42 bits per heavy atom. The van der Waals surface area contributed by atoms with Crippen LogP contribution >= 0.6 is 0 Å². The Bertz CT molecular complexity index is 742. The summed E-state index contributed by atoms with van der Waals surface area (Å²) in [5.41, 5.74) is 0.619. The number of nitrogens with zero attached hydrogens (tertiary/aromatic N) is 4. The first-order chi connectivity index (χ1) is 12.4. The lowest BCUT2D eigenvalue weighted by Gasteiger charge is -2.41. The van der Waals surface area contributed by atoms with Crippen molar-refractivity contribution in [2.24, 2.45) is 0 Å². The van der Waals surface area contributed by atoms with E-state index in [1.165, 1.54) is 0 Å². The smallest absolute Gasteiger partial charge is 0.227 e. The van der Waals surface area contributed by atoms with Crippen molar-refractivity contribution >= 4 is 11.7 Å². The van der Waals surface area contributed by atoms with Crippen molar-refractivity contribution in [3.05, 3.63) is 41.4 Å². The van der Waals surface area contributed by atoms with Gasteiger partial charge in [0.15, 0.2) is 0 Å². The quantitative estimate of drug-likeness (QED) is 0.876. The maximum Gasteiger partial charge on any atom is 0.227 e. The Morgan fingerprint density at radius 3 is 2.88 bits per heavy atom.